The minimum atomic E-state index is -0.551. The summed E-state index contributed by atoms with van der Waals surface area (Å²) in [5, 5.41) is 7.85. The van der Waals surface area contributed by atoms with E-state index < -0.39 is 11.7 Å². The quantitative estimate of drug-likeness (QED) is 0.351. The van der Waals surface area contributed by atoms with Crippen LogP contribution in [0.5, 0.6) is 11.5 Å². The SMILES string of the molecule is COc1cc2ncnc(-n3nc(-c4ccccn4)nc3N)c2cc1OCCCNC(=O)OC(C)(C)C. The van der Waals surface area contributed by atoms with Gasteiger partial charge >= 0.3 is 6.09 Å². The zero-order valence-corrected chi connectivity index (χ0v) is 20.6. The van der Waals surface area contributed by atoms with Gasteiger partial charge in [-0.15, -0.1) is 5.10 Å². The van der Waals surface area contributed by atoms with E-state index in [9.17, 15) is 4.79 Å². The fourth-order valence-electron chi connectivity index (χ4n) is 3.33. The van der Waals surface area contributed by atoms with Crippen LogP contribution >= 0.6 is 0 Å². The Morgan fingerprint density at radius 3 is 2.69 bits per heavy atom. The second-order valence-electron chi connectivity index (χ2n) is 8.77. The molecule has 3 heterocycles. The average molecular weight is 493 g/mol. The summed E-state index contributed by atoms with van der Waals surface area (Å²) in [5.41, 5.74) is 6.83. The summed E-state index contributed by atoms with van der Waals surface area (Å²) in [6, 6.07) is 8.97. The third kappa shape index (κ3) is 5.77. The van der Waals surface area contributed by atoms with Gasteiger partial charge in [-0.05, 0) is 45.4 Å². The van der Waals surface area contributed by atoms with Gasteiger partial charge in [0.1, 0.15) is 17.6 Å². The maximum absolute atomic E-state index is 11.8. The van der Waals surface area contributed by atoms with Gasteiger partial charge in [0.05, 0.1) is 19.2 Å². The summed E-state index contributed by atoms with van der Waals surface area (Å²) in [4.78, 5) is 29.1. The highest BCUT2D eigenvalue weighted by molar-refractivity contribution is 5.88. The number of hydrogen-bond donors (Lipinski definition) is 2. The van der Waals surface area contributed by atoms with Crippen molar-refractivity contribution in [2.45, 2.75) is 32.8 Å². The monoisotopic (exact) mass is 492 g/mol. The van der Waals surface area contributed by atoms with Crippen LogP contribution in [0.3, 0.4) is 0 Å². The van der Waals surface area contributed by atoms with Crippen LogP contribution in [0.15, 0.2) is 42.9 Å². The zero-order valence-electron chi connectivity index (χ0n) is 20.6. The first kappa shape index (κ1) is 24.6. The molecule has 1 aromatic carbocycles. The Morgan fingerprint density at radius 1 is 1.14 bits per heavy atom. The fourth-order valence-corrected chi connectivity index (χ4v) is 3.33. The number of methoxy groups -OCH3 is 1. The van der Waals surface area contributed by atoms with Crippen molar-refractivity contribution in [3.63, 3.8) is 0 Å². The summed E-state index contributed by atoms with van der Waals surface area (Å²) in [7, 11) is 1.55. The second kappa shape index (κ2) is 10.4. The maximum atomic E-state index is 11.8. The molecule has 1 amide bonds. The van der Waals surface area contributed by atoms with E-state index >= 15 is 0 Å². The number of benzene rings is 1. The molecule has 0 aliphatic carbocycles. The maximum Gasteiger partial charge on any atom is 0.407 e. The summed E-state index contributed by atoms with van der Waals surface area (Å²) in [6.07, 6.45) is 3.16. The van der Waals surface area contributed by atoms with E-state index in [0.29, 0.717) is 59.3 Å². The van der Waals surface area contributed by atoms with Gasteiger partial charge in [-0.3, -0.25) is 4.98 Å². The number of nitrogens with two attached hydrogens (primary N) is 1. The van der Waals surface area contributed by atoms with Crippen LogP contribution in [0, 0.1) is 0 Å². The molecule has 0 aliphatic heterocycles. The van der Waals surface area contributed by atoms with E-state index in [2.05, 4.69) is 30.4 Å². The Labute approximate surface area is 207 Å². The molecule has 0 saturated carbocycles. The lowest BCUT2D eigenvalue weighted by molar-refractivity contribution is 0.0525. The van der Waals surface area contributed by atoms with Crippen molar-refractivity contribution in [1.82, 2.24) is 35.0 Å². The van der Waals surface area contributed by atoms with Gasteiger partial charge in [-0.2, -0.15) is 9.67 Å². The smallest absolute Gasteiger partial charge is 0.407 e. The molecule has 0 radical (unpaired) electrons. The molecule has 3 N–H and O–H groups in total. The van der Waals surface area contributed by atoms with Crippen molar-refractivity contribution < 1.29 is 19.0 Å². The Kier molecular flexibility index (Phi) is 7.13. The van der Waals surface area contributed by atoms with Crippen molar-refractivity contribution in [1.29, 1.82) is 0 Å². The molecule has 0 spiro atoms. The first-order valence-electron chi connectivity index (χ1n) is 11.3. The number of nitrogen functional groups attached to an aromatic ring is 1. The molecular formula is C24H28N8O4. The molecule has 12 heteroatoms. The lowest BCUT2D eigenvalue weighted by Crippen LogP contribution is -2.33. The zero-order chi connectivity index (χ0) is 25.7. The number of fused-ring (bicyclic) bond motifs is 1. The number of alkyl carbamates (subject to hydrolysis) is 1. The molecule has 0 unspecified atom stereocenters. The molecule has 4 aromatic rings. The van der Waals surface area contributed by atoms with E-state index in [0.717, 1.165) is 0 Å². The topological polar surface area (TPSA) is 152 Å². The molecule has 0 saturated heterocycles. The first-order valence-corrected chi connectivity index (χ1v) is 11.3. The number of hydrogen-bond acceptors (Lipinski definition) is 10. The lowest BCUT2D eigenvalue weighted by atomic mass is 10.2. The van der Waals surface area contributed by atoms with Crippen LogP contribution in [-0.4, -0.2) is 61.7 Å². The number of amides is 1. The number of pyridine rings is 1. The number of nitrogens with zero attached hydrogens (tertiary/aromatic N) is 6. The average Bonchev–Trinajstić information content (AvgIpc) is 3.23. The summed E-state index contributed by atoms with van der Waals surface area (Å²) in [5.74, 6) is 1.96. The molecule has 3 aromatic heterocycles. The summed E-state index contributed by atoms with van der Waals surface area (Å²) >= 11 is 0. The second-order valence-corrected chi connectivity index (χ2v) is 8.77. The van der Waals surface area contributed by atoms with Crippen LogP contribution in [0.2, 0.25) is 0 Å². The molecule has 36 heavy (non-hydrogen) atoms. The molecule has 0 atom stereocenters. The van der Waals surface area contributed by atoms with Crippen molar-refractivity contribution in [2.75, 3.05) is 26.0 Å². The minimum absolute atomic E-state index is 0.155. The molecule has 0 bridgehead atoms. The fraction of sp³-hybridized carbons (Fsp3) is 0.333. The van der Waals surface area contributed by atoms with Crippen molar-refractivity contribution in [3.05, 3.63) is 42.9 Å². The Hall–Kier alpha value is -4.48. The predicted molar refractivity (Wildman–Crippen MR) is 133 cm³/mol. The van der Waals surface area contributed by atoms with Crippen LogP contribution in [0.1, 0.15) is 27.2 Å². The molecule has 0 aliphatic rings. The van der Waals surface area contributed by atoms with E-state index in [1.807, 2.05) is 32.9 Å². The Morgan fingerprint density at radius 2 is 1.97 bits per heavy atom. The molecule has 4 rings (SSSR count). The number of aromatic nitrogens is 6. The normalized spacial score (nSPS) is 11.3. The van der Waals surface area contributed by atoms with Gasteiger partial charge in [-0.1, -0.05) is 6.07 Å². The van der Waals surface area contributed by atoms with Gasteiger partial charge in [0.2, 0.25) is 11.8 Å². The van der Waals surface area contributed by atoms with Crippen molar-refractivity contribution in [3.8, 4) is 28.8 Å². The van der Waals surface area contributed by atoms with Crippen LogP contribution in [0.25, 0.3) is 28.2 Å². The van der Waals surface area contributed by atoms with Gasteiger partial charge in [0, 0.05) is 24.2 Å². The predicted octanol–water partition coefficient (Wildman–Crippen LogP) is 3.16. The van der Waals surface area contributed by atoms with E-state index in [-0.39, 0.29) is 5.95 Å². The third-order valence-electron chi connectivity index (χ3n) is 4.87. The van der Waals surface area contributed by atoms with Gasteiger partial charge in [-0.25, -0.2) is 14.8 Å². The molecule has 12 nitrogen and oxygen atoms in total. The standard InChI is InChI=1S/C24H28N8O4/c1-24(2,3)36-23(33)27-10-7-11-35-19-12-15-17(13-18(19)34-4)28-14-29-21(15)32-22(25)30-20(31-32)16-8-5-6-9-26-16/h5-6,8-9,12-14H,7,10-11H2,1-4H3,(H,27,33)(H2,25,30,31). The summed E-state index contributed by atoms with van der Waals surface area (Å²) in [6.45, 7) is 6.16. The van der Waals surface area contributed by atoms with Crippen LogP contribution in [-0.2, 0) is 4.74 Å². The van der Waals surface area contributed by atoms with Crippen molar-refractivity contribution in [2.24, 2.45) is 0 Å². The molecular weight excluding hydrogens is 464 g/mol. The third-order valence-corrected chi connectivity index (χ3v) is 4.87. The highest BCUT2D eigenvalue weighted by atomic mass is 16.6. The van der Waals surface area contributed by atoms with Gasteiger partial charge in [0.25, 0.3) is 0 Å². The van der Waals surface area contributed by atoms with E-state index in [1.54, 1.807) is 31.5 Å². The first-order chi connectivity index (χ1) is 17.2. The Bertz CT molecular complexity index is 1350. The van der Waals surface area contributed by atoms with Crippen LogP contribution < -0.4 is 20.5 Å². The number of carbonyl (C=O) groups is 1. The Balaban J connectivity index is 1.54. The highest BCUT2D eigenvalue weighted by Crippen LogP contribution is 2.34. The van der Waals surface area contributed by atoms with Crippen LogP contribution in [0.4, 0.5) is 10.7 Å². The molecule has 0 fully saturated rings. The number of nitrogens with one attached hydrogen (secondary N) is 1. The largest absolute Gasteiger partial charge is 0.493 e. The van der Waals surface area contributed by atoms with E-state index in [1.165, 1.54) is 11.0 Å². The van der Waals surface area contributed by atoms with E-state index in [4.69, 9.17) is 19.9 Å². The van der Waals surface area contributed by atoms with Gasteiger partial charge in [0.15, 0.2) is 17.3 Å². The van der Waals surface area contributed by atoms with Gasteiger partial charge < -0.3 is 25.3 Å². The van der Waals surface area contributed by atoms with Crippen molar-refractivity contribution >= 4 is 22.9 Å². The number of anilines is 1. The lowest BCUT2D eigenvalue weighted by Gasteiger charge is -2.19. The number of carbonyl (C=O) groups excluding carboxylic acids is 1. The number of ether oxygens (including phenoxy) is 3. The minimum Gasteiger partial charge on any atom is -0.493 e. The highest BCUT2D eigenvalue weighted by Gasteiger charge is 2.18. The number of rotatable bonds is 8. The summed E-state index contributed by atoms with van der Waals surface area (Å²) < 4.78 is 18.1. The molecule has 188 valence electrons.